The Bertz CT molecular complexity index is 967. The Labute approximate surface area is 407 Å². The summed E-state index contributed by atoms with van der Waals surface area (Å²) in [4.78, 5) is 12.5. The first-order chi connectivity index (χ1) is 32.1. The number of aliphatic hydroxyl groups excluding tert-OH is 3. The van der Waals surface area contributed by atoms with Crippen molar-refractivity contribution in [2.24, 2.45) is 0 Å². The van der Waals surface area contributed by atoms with E-state index in [2.05, 4.69) is 43.5 Å². The van der Waals surface area contributed by atoms with Gasteiger partial charge in [0.05, 0.1) is 18.8 Å². The number of aliphatic hydroxyl groups is 3. The molecule has 5 nitrogen and oxygen atoms in total. The molecule has 0 fully saturated rings. The predicted octanol–water partition coefficient (Wildman–Crippen LogP) is 18.5. The second-order valence-corrected chi connectivity index (χ2v) is 20.5. The average Bonchev–Trinajstić information content (AvgIpc) is 3.31. The van der Waals surface area contributed by atoms with Crippen LogP contribution < -0.4 is 5.32 Å². The van der Waals surface area contributed by atoms with Crippen LogP contribution in [-0.4, -0.2) is 46.1 Å². The van der Waals surface area contributed by atoms with Crippen LogP contribution in [-0.2, 0) is 4.79 Å². The Balaban J connectivity index is 3.47. The molecule has 0 aliphatic carbocycles. The molecule has 0 aromatic rings. The standard InChI is InChI=1S/C60H117NO4/c1-3-5-7-9-11-13-15-17-19-21-22-23-24-25-26-27-28-29-30-31-32-33-34-35-36-37-38-39-41-43-45-47-49-51-53-55-59(64)61-57(56-62)60(65)58(63)54-52-50-48-46-44-42-40-20-18-16-14-12-10-8-6-4-2/h27-28,46,48,57-58,60,62-63,65H,3-26,29-45,47,49-56H2,1-2H3,(H,61,64)/b28-27-,48-46+. The predicted molar refractivity (Wildman–Crippen MR) is 287 cm³/mol. The maximum absolute atomic E-state index is 12.5. The summed E-state index contributed by atoms with van der Waals surface area (Å²) in [6.07, 6.45) is 70.7. The molecule has 0 spiro atoms. The van der Waals surface area contributed by atoms with Gasteiger partial charge in [0.15, 0.2) is 0 Å². The van der Waals surface area contributed by atoms with Crippen molar-refractivity contribution in [3.63, 3.8) is 0 Å². The molecule has 1 amide bonds. The van der Waals surface area contributed by atoms with Gasteiger partial charge in [0.25, 0.3) is 0 Å². The van der Waals surface area contributed by atoms with Crippen molar-refractivity contribution in [1.82, 2.24) is 5.32 Å². The summed E-state index contributed by atoms with van der Waals surface area (Å²) in [5.41, 5.74) is 0. The summed E-state index contributed by atoms with van der Waals surface area (Å²) in [5.74, 6) is -0.149. The van der Waals surface area contributed by atoms with Gasteiger partial charge in [-0.2, -0.15) is 0 Å². The first kappa shape index (κ1) is 63.8. The Morgan fingerprint density at radius 1 is 0.369 bits per heavy atom. The fourth-order valence-electron chi connectivity index (χ4n) is 9.46. The lowest BCUT2D eigenvalue weighted by atomic mass is 10.0. The minimum atomic E-state index is -1.16. The summed E-state index contributed by atoms with van der Waals surface area (Å²) in [5, 5.41) is 33.7. The zero-order chi connectivity index (χ0) is 47.2. The quantitative estimate of drug-likeness (QED) is 0.0361. The summed E-state index contributed by atoms with van der Waals surface area (Å²) >= 11 is 0. The molecule has 386 valence electrons. The van der Waals surface area contributed by atoms with E-state index in [0.717, 1.165) is 38.5 Å². The Morgan fingerprint density at radius 3 is 0.892 bits per heavy atom. The van der Waals surface area contributed by atoms with Gasteiger partial charge in [-0.25, -0.2) is 0 Å². The van der Waals surface area contributed by atoms with Crippen molar-refractivity contribution < 1.29 is 20.1 Å². The van der Waals surface area contributed by atoms with E-state index >= 15 is 0 Å². The van der Waals surface area contributed by atoms with Gasteiger partial charge < -0.3 is 20.6 Å². The van der Waals surface area contributed by atoms with Crippen molar-refractivity contribution in [1.29, 1.82) is 0 Å². The molecule has 0 rings (SSSR count). The number of allylic oxidation sites excluding steroid dienone is 4. The van der Waals surface area contributed by atoms with Crippen molar-refractivity contribution in [3.8, 4) is 0 Å². The van der Waals surface area contributed by atoms with Crippen molar-refractivity contribution in [2.45, 2.75) is 347 Å². The largest absolute Gasteiger partial charge is 0.394 e. The summed E-state index contributed by atoms with van der Waals surface area (Å²) in [6, 6.07) is -0.824. The van der Waals surface area contributed by atoms with Crippen molar-refractivity contribution in [3.05, 3.63) is 24.3 Å². The molecular weight excluding hydrogens is 799 g/mol. The van der Waals surface area contributed by atoms with Crippen LogP contribution in [0.5, 0.6) is 0 Å². The molecule has 0 aliphatic rings. The van der Waals surface area contributed by atoms with Crippen LogP contribution in [0.15, 0.2) is 24.3 Å². The smallest absolute Gasteiger partial charge is 0.220 e. The third kappa shape index (κ3) is 50.5. The van der Waals surface area contributed by atoms with Gasteiger partial charge in [-0.3, -0.25) is 4.79 Å². The first-order valence-electron chi connectivity index (χ1n) is 29.6. The van der Waals surface area contributed by atoms with Crippen molar-refractivity contribution in [2.75, 3.05) is 6.61 Å². The first-order valence-corrected chi connectivity index (χ1v) is 29.6. The Hall–Kier alpha value is -1.17. The number of hydrogen-bond donors (Lipinski definition) is 4. The molecule has 0 saturated carbocycles. The third-order valence-electron chi connectivity index (χ3n) is 14.0. The minimum Gasteiger partial charge on any atom is -0.394 e. The molecule has 4 N–H and O–H groups in total. The number of rotatable bonds is 55. The summed E-state index contributed by atoms with van der Waals surface area (Å²) < 4.78 is 0. The zero-order valence-corrected chi connectivity index (χ0v) is 44.1. The van der Waals surface area contributed by atoms with Crippen LogP contribution in [0, 0.1) is 0 Å². The molecule has 0 radical (unpaired) electrons. The third-order valence-corrected chi connectivity index (χ3v) is 14.0. The van der Waals surface area contributed by atoms with Gasteiger partial charge in [-0.1, -0.05) is 282 Å². The van der Waals surface area contributed by atoms with Gasteiger partial charge in [0.2, 0.25) is 5.91 Å². The Kier molecular flexibility index (Phi) is 54.4. The molecule has 0 saturated heterocycles. The van der Waals surface area contributed by atoms with Crippen LogP contribution in [0.3, 0.4) is 0 Å². The lowest BCUT2D eigenvalue weighted by Crippen LogP contribution is -2.50. The SMILES string of the molecule is CCCCCCCCCCCCC/C=C/CCCC(O)C(O)C(CO)NC(=O)CCCCCCCCCCCCCCCCCCC/C=C\CCCCCCCCCCCCCCCC. The maximum atomic E-state index is 12.5. The van der Waals surface area contributed by atoms with Crippen LogP contribution in [0.1, 0.15) is 328 Å². The van der Waals surface area contributed by atoms with Gasteiger partial charge in [0.1, 0.15) is 6.10 Å². The average molecular weight is 917 g/mol. The number of hydrogen-bond acceptors (Lipinski definition) is 4. The fourth-order valence-corrected chi connectivity index (χ4v) is 9.46. The number of nitrogens with one attached hydrogen (secondary N) is 1. The molecular formula is C60H117NO4. The summed E-state index contributed by atoms with van der Waals surface area (Å²) in [6.45, 7) is 4.20. The molecule has 0 aromatic heterocycles. The van der Waals surface area contributed by atoms with E-state index in [4.69, 9.17) is 0 Å². The molecule has 0 heterocycles. The van der Waals surface area contributed by atoms with E-state index in [9.17, 15) is 20.1 Å². The topological polar surface area (TPSA) is 89.8 Å². The number of carbonyl (C=O) groups excluding carboxylic acids is 1. The molecule has 65 heavy (non-hydrogen) atoms. The van der Waals surface area contributed by atoms with Crippen LogP contribution in [0.4, 0.5) is 0 Å². The second kappa shape index (κ2) is 55.4. The van der Waals surface area contributed by atoms with Gasteiger partial charge in [0, 0.05) is 6.42 Å². The van der Waals surface area contributed by atoms with Crippen molar-refractivity contribution >= 4 is 5.91 Å². The van der Waals surface area contributed by atoms with Gasteiger partial charge >= 0.3 is 0 Å². The molecule has 3 atom stereocenters. The van der Waals surface area contributed by atoms with Gasteiger partial charge in [-0.15, -0.1) is 0 Å². The molecule has 3 unspecified atom stereocenters. The van der Waals surface area contributed by atoms with Crippen LogP contribution in [0.25, 0.3) is 0 Å². The molecule has 0 aliphatic heterocycles. The van der Waals surface area contributed by atoms with Crippen LogP contribution >= 0.6 is 0 Å². The molecule has 0 aromatic carbocycles. The Morgan fingerprint density at radius 2 is 0.615 bits per heavy atom. The zero-order valence-electron chi connectivity index (χ0n) is 44.1. The highest BCUT2D eigenvalue weighted by Crippen LogP contribution is 2.18. The van der Waals surface area contributed by atoms with Crippen LogP contribution in [0.2, 0.25) is 0 Å². The lowest BCUT2D eigenvalue weighted by molar-refractivity contribution is -0.124. The highest BCUT2D eigenvalue weighted by atomic mass is 16.3. The van der Waals surface area contributed by atoms with E-state index in [1.807, 2.05) is 0 Å². The van der Waals surface area contributed by atoms with E-state index < -0.39 is 18.2 Å². The number of carbonyl (C=O) groups is 1. The monoisotopic (exact) mass is 916 g/mol. The number of unbranched alkanes of at least 4 members (excludes halogenated alkanes) is 43. The van der Waals surface area contributed by atoms with E-state index in [1.54, 1.807) is 0 Å². The van der Waals surface area contributed by atoms with E-state index in [-0.39, 0.29) is 12.5 Å². The fraction of sp³-hybridized carbons (Fsp3) is 0.917. The normalized spacial score (nSPS) is 13.4. The van der Waals surface area contributed by atoms with E-state index in [1.165, 1.54) is 263 Å². The highest BCUT2D eigenvalue weighted by Gasteiger charge is 2.26. The second-order valence-electron chi connectivity index (χ2n) is 20.5. The maximum Gasteiger partial charge on any atom is 0.220 e. The summed E-state index contributed by atoms with van der Waals surface area (Å²) in [7, 11) is 0. The molecule has 5 heteroatoms. The highest BCUT2D eigenvalue weighted by molar-refractivity contribution is 5.76. The minimum absolute atomic E-state index is 0.149. The molecule has 0 bridgehead atoms. The van der Waals surface area contributed by atoms with Gasteiger partial charge in [-0.05, 0) is 64.2 Å². The number of amides is 1. The van der Waals surface area contributed by atoms with E-state index in [0.29, 0.717) is 12.8 Å². The lowest BCUT2D eigenvalue weighted by Gasteiger charge is -2.26.